The summed E-state index contributed by atoms with van der Waals surface area (Å²) in [5.41, 5.74) is 3.25. The highest BCUT2D eigenvalue weighted by Crippen LogP contribution is 2.24. The van der Waals surface area contributed by atoms with Gasteiger partial charge in [-0.25, -0.2) is 0 Å². The van der Waals surface area contributed by atoms with Gasteiger partial charge in [-0.2, -0.15) is 5.11 Å². The molecule has 0 saturated carbocycles. The normalized spacial score (nSPS) is 14.8. The Morgan fingerprint density at radius 1 is 1.38 bits per heavy atom. The highest BCUT2D eigenvalue weighted by atomic mass is 15.4. The van der Waals surface area contributed by atoms with Crippen LogP contribution in [0.4, 0.5) is 0 Å². The third kappa shape index (κ3) is 4.83. The van der Waals surface area contributed by atoms with Crippen LogP contribution in [0.5, 0.6) is 0 Å². The molecular weight excluding hydrogens is 164 g/mol. The van der Waals surface area contributed by atoms with E-state index in [2.05, 4.69) is 41.9 Å². The number of nitrogens with one attached hydrogen (secondary N) is 2. The summed E-state index contributed by atoms with van der Waals surface area (Å²) in [6.07, 6.45) is 1.12. The molecule has 0 spiro atoms. The third-order valence-electron chi connectivity index (χ3n) is 2.54. The van der Waals surface area contributed by atoms with Gasteiger partial charge >= 0.3 is 0 Å². The lowest BCUT2D eigenvalue weighted by Crippen LogP contribution is -2.38. The molecule has 13 heavy (non-hydrogen) atoms. The van der Waals surface area contributed by atoms with Crippen LogP contribution in [0.25, 0.3) is 0 Å². The van der Waals surface area contributed by atoms with Crippen LogP contribution in [0.15, 0.2) is 10.3 Å². The fourth-order valence-corrected chi connectivity index (χ4v) is 0.983. The first-order chi connectivity index (χ1) is 6.04. The molecule has 0 aromatic rings. The molecule has 0 amide bonds. The lowest BCUT2D eigenvalue weighted by molar-refractivity contribution is 0.236. The molecule has 4 heteroatoms. The third-order valence-corrected chi connectivity index (χ3v) is 2.54. The van der Waals surface area contributed by atoms with E-state index in [1.54, 1.807) is 7.05 Å². The van der Waals surface area contributed by atoms with E-state index < -0.39 is 0 Å². The summed E-state index contributed by atoms with van der Waals surface area (Å²) in [5.74, 6) is 0. The van der Waals surface area contributed by atoms with Gasteiger partial charge < -0.3 is 5.32 Å². The Kier molecular flexibility index (Phi) is 5.62. The monoisotopic (exact) mass is 186 g/mol. The van der Waals surface area contributed by atoms with Gasteiger partial charge in [0.15, 0.2) is 0 Å². The molecule has 0 radical (unpaired) electrons. The summed E-state index contributed by atoms with van der Waals surface area (Å²) in [5, 5.41) is 10.6. The van der Waals surface area contributed by atoms with Crippen LogP contribution in [0.2, 0.25) is 0 Å². The molecule has 0 aromatic carbocycles. The van der Waals surface area contributed by atoms with E-state index in [9.17, 15) is 0 Å². The molecule has 0 bridgehead atoms. The zero-order chi connectivity index (χ0) is 10.3. The van der Waals surface area contributed by atoms with E-state index in [0.717, 1.165) is 13.0 Å². The van der Waals surface area contributed by atoms with Crippen LogP contribution >= 0.6 is 0 Å². The molecule has 4 nitrogen and oxygen atoms in total. The Bertz CT molecular complexity index is 154. The molecule has 78 valence electrons. The summed E-state index contributed by atoms with van der Waals surface area (Å²) >= 11 is 0. The van der Waals surface area contributed by atoms with Crippen molar-refractivity contribution < 1.29 is 0 Å². The molecule has 0 heterocycles. The number of hydrogen-bond donors (Lipinski definition) is 2. The van der Waals surface area contributed by atoms with E-state index in [1.165, 1.54) is 0 Å². The van der Waals surface area contributed by atoms with Gasteiger partial charge in [0, 0.05) is 6.04 Å². The predicted molar refractivity (Wildman–Crippen MR) is 55.7 cm³/mol. The van der Waals surface area contributed by atoms with Gasteiger partial charge in [0.05, 0.1) is 7.05 Å². The van der Waals surface area contributed by atoms with Crippen molar-refractivity contribution in [2.24, 2.45) is 15.8 Å². The van der Waals surface area contributed by atoms with Crippen LogP contribution in [0.3, 0.4) is 0 Å². The lowest BCUT2D eigenvalue weighted by Gasteiger charge is -2.30. The minimum absolute atomic E-state index is 0.233. The second-order valence-electron chi connectivity index (χ2n) is 3.99. The van der Waals surface area contributed by atoms with Crippen molar-refractivity contribution in [2.75, 3.05) is 20.6 Å². The van der Waals surface area contributed by atoms with Crippen LogP contribution in [-0.4, -0.2) is 26.7 Å². The molecule has 0 fully saturated rings. The highest BCUT2D eigenvalue weighted by Gasteiger charge is 2.24. The number of rotatable bonds is 6. The summed E-state index contributed by atoms with van der Waals surface area (Å²) in [6, 6.07) is 0.338. The van der Waals surface area contributed by atoms with E-state index in [0.29, 0.717) is 6.04 Å². The quantitative estimate of drug-likeness (QED) is 0.489. The van der Waals surface area contributed by atoms with Gasteiger partial charge in [-0.1, -0.05) is 19.1 Å². The maximum Gasteiger partial charge on any atom is 0.0509 e. The molecule has 0 unspecified atom stereocenters. The first-order valence-corrected chi connectivity index (χ1v) is 4.73. The lowest BCUT2D eigenvalue weighted by atomic mass is 9.82. The van der Waals surface area contributed by atoms with Crippen LogP contribution < -0.4 is 10.7 Å². The van der Waals surface area contributed by atoms with Crippen molar-refractivity contribution in [3.8, 4) is 0 Å². The van der Waals surface area contributed by atoms with E-state index >= 15 is 0 Å². The maximum atomic E-state index is 3.80. The Morgan fingerprint density at radius 2 is 2.00 bits per heavy atom. The van der Waals surface area contributed by atoms with E-state index in [1.807, 2.05) is 7.05 Å². The second kappa shape index (κ2) is 5.91. The maximum absolute atomic E-state index is 3.80. The molecule has 0 aliphatic heterocycles. The van der Waals surface area contributed by atoms with E-state index in [4.69, 9.17) is 0 Å². The van der Waals surface area contributed by atoms with Gasteiger partial charge in [0.2, 0.25) is 0 Å². The summed E-state index contributed by atoms with van der Waals surface area (Å²) in [7, 11) is 3.64. The van der Waals surface area contributed by atoms with Gasteiger partial charge in [-0.15, -0.1) is 0 Å². The number of nitrogens with zero attached hydrogens (tertiary/aromatic N) is 2. The first-order valence-electron chi connectivity index (χ1n) is 4.73. The molecule has 0 aliphatic carbocycles. The Hall–Kier alpha value is -0.640. The predicted octanol–water partition coefficient (Wildman–Crippen LogP) is 1.60. The van der Waals surface area contributed by atoms with Crippen molar-refractivity contribution in [1.29, 1.82) is 0 Å². The molecule has 0 aliphatic rings. The highest BCUT2D eigenvalue weighted by molar-refractivity contribution is 4.79. The summed E-state index contributed by atoms with van der Waals surface area (Å²) in [4.78, 5) is 0. The fourth-order valence-electron chi connectivity index (χ4n) is 0.983. The summed E-state index contributed by atoms with van der Waals surface area (Å²) in [6.45, 7) is 7.62. The van der Waals surface area contributed by atoms with Crippen molar-refractivity contribution >= 4 is 0 Å². The van der Waals surface area contributed by atoms with Crippen LogP contribution in [0.1, 0.15) is 27.2 Å². The van der Waals surface area contributed by atoms with Crippen molar-refractivity contribution in [3.63, 3.8) is 0 Å². The second-order valence-corrected chi connectivity index (χ2v) is 3.99. The largest absolute Gasteiger partial charge is 0.320 e. The molecule has 1 atom stereocenters. The molecule has 0 rings (SSSR count). The van der Waals surface area contributed by atoms with Gasteiger partial charge in [-0.05, 0) is 32.4 Å². The van der Waals surface area contributed by atoms with Crippen molar-refractivity contribution in [3.05, 3.63) is 0 Å². The van der Waals surface area contributed by atoms with E-state index in [-0.39, 0.29) is 5.41 Å². The summed E-state index contributed by atoms with van der Waals surface area (Å²) < 4.78 is 0. The Labute approximate surface area is 81.2 Å². The minimum Gasteiger partial charge on any atom is -0.320 e. The molecule has 0 aromatic heterocycles. The van der Waals surface area contributed by atoms with Gasteiger partial charge in [-0.3, -0.25) is 5.43 Å². The van der Waals surface area contributed by atoms with Gasteiger partial charge in [0.25, 0.3) is 0 Å². The fraction of sp³-hybridized carbons (Fsp3) is 1.00. The molecular formula is C9H22N4. The van der Waals surface area contributed by atoms with Crippen molar-refractivity contribution in [1.82, 2.24) is 10.7 Å². The first kappa shape index (κ1) is 12.4. The van der Waals surface area contributed by atoms with Crippen molar-refractivity contribution in [2.45, 2.75) is 33.2 Å². The average Bonchev–Trinajstić information content (AvgIpc) is 2.10. The standard InChI is InChI=1S/C9H22N4/c1-8(12-13-11-5)9(2,3)6-7-10-4/h8,10H,6-7H2,1-5H3,(H,11,12)/t8-/m1/s1. The minimum atomic E-state index is 0.233. The van der Waals surface area contributed by atoms with Crippen LogP contribution in [-0.2, 0) is 0 Å². The molecule has 2 N–H and O–H groups in total. The SMILES string of the molecule is CN=NN[C@H](C)C(C)(C)CCNC. The topological polar surface area (TPSA) is 48.8 Å². The zero-order valence-corrected chi connectivity index (χ0v) is 9.39. The Morgan fingerprint density at radius 3 is 2.46 bits per heavy atom. The number of hydrogen-bond acceptors (Lipinski definition) is 3. The zero-order valence-electron chi connectivity index (χ0n) is 9.39. The van der Waals surface area contributed by atoms with Crippen LogP contribution in [0, 0.1) is 5.41 Å². The Balaban J connectivity index is 3.94. The smallest absolute Gasteiger partial charge is 0.0509 e. The molecule has 0 saturated heterocycles. The van der Waals surface area contributed by atoms with Gasteiger partial charge in [0.1, 0.15) is 0 Å². The average molecular weight is 186 g/mol.